The predicted molar refractivity (Wildman–Crippen MR) is 242 cm³/mol. The minimum Gasteiger partial charge on any atom is -0.460 e. The summed E-state index contributed by atoms with van der Waals surface area (Å²) in [4.78, 5) is 15.6. The van der Waals surface area contributed by atoms with Crippen molar-refractivity contribution in [2.24, 2.45) is 5.92 Å². The first-order valence-electron chi connectivity index (χ1n) is 20.7. The molecule has 4 nitrogen and oxygen atoms in total. The van der Waals surface area contributed by atoms with Crippen LogP contribution in [0.5, 0.6) is 0 Å². The van der Waals surface area contributed by atoms with Gasteiger partial charge in [-0.3, -0.25) is 0 Å². The van der Waals surface area contributed by atoms with Crippen LogP contribution in [0.15, 0.2) is 192 Å². The number of rotatable bonds is 5. The highest BCUT2D eigenvalue weighted by molar-refractivity contribution is 6.04. The molecule has 9 aromatic rings. The Morgan fingerprint density at radius 3 is 1.59 bits per heavy atom. The molecule has 2 atom stereocenters. The molecule has 0 bridgehead atoms. The molecule has 0 amide bonds. The molecule has 2 heterocycles. The van der Waals surface area contributed by atoms with Gasteiger partial charge in [-0.1, -0.05) is 152 Å². The van der Waals surface area contributed by atoms with Crippen LogP contribution in [0.3, 0.4) is 0 Å². The maximum absolute atomic E-state index is 6.56. The van der Waals surface area contributed by atoms with E-state index in [2.05, 4.69) is 176 Å². The van der Waals surface area contributed by atoms with E-state index in [-0.39, 0.29) is 11.8 Å². The second-order valence-electron chi connectivity index (χ2n) is 16.2. The van der Waals surface area contributed by atoms with Crippen molar-refractivity contribution in [3.05, 3.63) is 210 Å². The Hall–Kier alpha value is -7.17. The van der Waals surface area contributed by atoms with Crippen molar-refractivity contribution in [2.45, 2.75) is 31.6 Å². The molecule has 0 saturated carbocycles. The lowest BCUT2D eigenvalue weighted by Crippen LogP contribution is -2.16. The van der Waals surface area contributed by atoms with Gasteiger partial charge in [-0.15, -0.1) is 0 Å². The highest BCUT2D eigenvalue weighted by atomic mass is 16.3. The van der Waals surface area contributed by atoms with Crippen LogP contribution in [0.1, 0.15) is 47.9 Å². The standard InChI is InChI=1S/C55H39N3O/c1-4-12-37-29-42(22-17-34(37)9-1)47-27-28-50-52(48-15-7-8-16-49(48)59-50)51(47)43-23-20-41-33-46(26-21-40(41)30-43)55-57-53(44-24-18-35-10-2-5-13-38(35)31-44)56-54(58-55)45-25-19-36-11-3-6-14-39(36)32-45/h1-26,29,31-32,43,46H,27-28,30,33H2. The van der Waals surface area contributed by atoms with Gasteiger partial charge >= 0.3 is 0 Å². The van der Waals surface area contributed by atoms with E-state index in [9.17, 15) is 0 Å². The SMILES string of the molecule is C1=CC(c2nc(-c3ccc4ccccc4c3)nc(-c3ccc4ccccc4c3)n2)CC2=C1CC(C1=C(c3ccc4ccccc4c3)CCc3oc4ccccc4c31)C=C2. The first kappa shape index (κ1) is 33.9. The maximum atomic E-state index is 6.56. The molecule has 0 aliphatic heterocycles. The Morgan fingerprint density at radius 2 is 0.966 bits per heavy atom. The largest absolute Gasteiger partial charge is 0.460 e. The van der Waals surface area contributed by atoms with Gasteiger partial charge in [0.2, 0.25) is 0 Å². The Balaban J connectivity index is 0.920. The molecule has 0 radical (unpaired) electrons. The minimum atomic E-state index is 0.0165. The molecule has 280 valence electrons. The van der Waals surface area contributed by atoms with Gasteiger partial charge < -0.3 is 4.42 Å². The number of furan rings is 1. The molecule has 3 aliphatic carbocycles. The summed E-state index contributed by atoms with van der Waals surface area (Å²) in [6, 6.07) is 54.1. The van der Waals surface area contributed by atoms with Gasteiger partial charge in [-0.25, -0.2) is 15.0 Å². The summed E-state index contributed by atoms with van der Waals surface area (Å²) in [6.45, 7) is 0. The molecule has 3 aliphatic rings. The van der Waals surface area contributed by atoms with Crippen molar-refractivity contribution in [1.29, 1.82) is 0 Å². The third-order valence-electron chi connectivity index (χ3n) is 12.7. The fourth-order valence-electron chi connectivity index (χ4n) is 9.71. The first-order valence-corrected chi connectivity index (χ1v) is 20.7. The summed E-state index contributed by atoms with van der Waals surface area (Å²) in [5, 5.41) is 8.48. The number of hydrogen-bond acceptors (Lipinski definition) is 4. The molecule has 0 saturated heterocycles. The molecule has 0 spiro atoms. The molecule has 2 unspecified atom stereocenters. The average Bonchev–Trinajstić information content (AvgIpc) is 3.69. The topological polar surface area (TPSA) is 51.8 Å². The summed E-state index contributed by atoms with van der Waals surface area (Å²) in [5.74, 6) is 3.54. The van der Waals surface area contributed by atoms with E-state index in [1.54, 1.807) is 0 Å². The number of aryl methyl sites for hydroxylation is 1. The third kappa shape index (κ3) is 5.94. The van der Waals surface area contributed by atoms with E-state index in [0.29, 0.717) is 11.6 Å². The fraction of sp³-hybridized carbons (Fsp3) is 0.109. The zero-order valence-corrected chi connectivity index (χ0v) is 32.5. The fourth-order valence-corrected chi connectivity index (χ4v) is 9.71. The Kier molecular flexibility index (Phi) is 7.90. The van der Waals surface area contributed by atoms with E-state index >= 15 is 0 Å². The quantitative estimate of drug-likeness (QED) is 0.175. The minimum absolute atomic E-state index is 0.0165. The van der Waals surface area contributed by atoms with Crippen LogP contribution in [0.4, 0.5) is 0 Å². The molecule has 12 rings (SSSR count). The predicted octanol–water partition coefficient (Wildman–Crippen LogP) is 13.9. The highest BCUT2D eigenvalue weighted by Crippen LogP contribution is 2.50. The maximum Gasteiger partial charge on any atom is 0.163 e. The summed E-state index contributed by atoms with van der Waals surface area (Å²) in [7, 11) is 0. The number of allylic oxidation sites excluding steroid dienone is 8. The lowest BCUT2D eigenvalue weighted by molar-refractivity contribution is 0.545. The number of para-hydroxylation sites is 1. The van der Waals surface area contributed by atoms with Crippen LogP contribution in [-0.2, 0) is 6.42 Å². The van der Waals surface area contributed by atoms with Gasteiger partial charge in [-0.05, 0) is 104 Å². The summed E-state index contributed by atoms with van der Waals surface area (Å²) < 4.78 is 6.56. The molecular formula is C55H39N3O. The van der Waals surface area contributed by atoms with Crippen molar-refractivity contribution < 1.29 is 4.42 Å². The second-order valence-corrected chi connectivity index (χ2v) is 16.2. The Labute approximate surface area is 342 Å². The summed E-state index contributed by atoms with van der Waals surface area (Å²) >= 11 is 0. The molecule has 2 aromatic heterocycles. The smallest absolute Gasteiger partial charge is 0.163 e. The lowest BCUT2D eigenvalue weighted by atomic mass is 9.73. The van der Waals surface area contributed by atoms with Gasteiger partial charge in [0.1, 0.15) is 17.2 Å². The van der Waals surface area contributed by atoms with Gasteiger partial charge in [0, 0.05) is 40.3 Å². The monoisotopic (exact) mass is 757 g/mol. The van der Waals surface area contributed by atoms with E-state index in [1.807, 2.05) is 0 Å². The molecular weight excluding hydrogens is 719 g/mol. The first-order chi connectivity index (χ1) is 29.2. The van der Waals surface area contributed by atoms with Crippen molar-refractivity contribution in [1.82, 2.24) is 15.0 Å². The van der Waals surface area contributed by atoms with Crippen LogP contribution in [0.25, 0.3) is 77.2 Å². The molecule has 7 aromatic carbocycles. The second kappa shape index (κ2) is 13.7. The van der Waals surface area contributed by atoms with E-state index in [1.165, 1.54) is 71.1 Å². The number of nitrogens with zero attached hydrogens (tertiary/aromatic N) is 3. The van der Waals surface area contributed by atoms with Crippen molar-refractivity contribution >= 4 is 54.4 Å². The zero-order chi connectivity index (χ0) is 38.9. The van der Waals surface area contributed by atoms with Gasteiger partial charge in [0.05, 0.1) is 0 Å². The Morgan fingerprint density at radius 1 is 0.458 bits per heavy atom. The molecule has 4 heteroatoms. The van der Waals surface area contributed by atoms with Crippen LogP contribution in [-0.4, -0.2) is 15.0 Å². The zero-order valence-electron chi connectivity index (χ0n) is 32.5. The van der Waals surface area contributed by atoms with Crippen LogP contribution >= 0.6 is 0 Å². The third-order valence-corrected chi connectivity index (χ3v) is 12.7. The number of aromatic nitrogens is 3. The van der Waals surface area contributed by atoms with E-state index in [0.717, 1.165) is 54.0 Å². The molecule has 0 fully saturated rings. The number of hydrogen-bond donors (Lipinski definition) is 0. The van der Waals surface area contributed by atoms with E-state index in [4.69, 9.17) is 19.4 Å². The van der Waals surface area contributed by atoms with Gasteiger partial charge in [0.15, 0.2) is 11.6 Å². The van der Waals surface area contributed by atoms with Crippen molar-refractivity contribution in [3.8, 4) is 22.8 Å². The van der Waals surface area contributed by atoms with Gasteiger partial charge in [-0.2, -0.15) is 0 Å². The average molecular weight is 758 g/mol. The van der Waals surface area contributed by atoms with Crippen molar-refractivity contribution in [3.63, 3.8) is 0 Å². The van der Waals surface area contributed by atoms with Crippen LogP contribution in [0.2, 0.25) is 0 Å². The summed E-state index contributed by atoms with van der Waals surface area (Å²) in [5.41, 5.74) is 11.1. The molecule has 0 N–H and O–H groups in total. The lowest BCUT2D eigenvalue weighted by Gasteiger charge is -2.31. The molecule has 59 heavy (non-hydrogen) atoms. The Bertz CT molecular complexity index is 3210. The highest BCUT2D eigenvalue weighted by Gasteiger charge is 2.33. The number of benzene rings is 7. The van der Waals surface area contributed by atoms with Crippen LogP contribution < -0.4 is 0 Å². The van der Waals surface area contributed by atoms with E-state index < -0.39 is 0 Å². The van der Waals surface area contributed by atoms with Gasteiger partial charge in [0.25, 0.3) is 0 Å². The normalized spacial score (nSPS) is 17.6. The number of fused-ring (bicyclic) bond motifs is 6. The summed E-state index contributed by atoms with van der Waals surface area (Å²) in [6.07, 6.45) is 13.1. The van der Waals surface area contributed by atoms with Crippen LogP contribution in [0, 0.1) is 5.92 Å². The van der Waals surface area contributed by atoms with Crippen molar-refractivity contribution in [2.75, 3.05) is 0 Å².